The van der Waals surface area contributed by atoms with Crippen molar-refractivity contribution in [3.05, 3.63) is 52.1 Å². The summed E-state index contributed by atoms with van der Waals surface area (Å²) in [6.45, 7) is 1.87. The fourth-order valence-electron chi connectivity index (χ4n) is 1.26. The minimum Gasteiger partial charge on any atom is -0.447 e. The van der Waals surface area contributed by atoms with Gasteiger partial charge in [-0.1, -0.05) is 28.1 Å². The van der Waals surface area contributed by atoms with E-state index in [4.69, 9.17) is 16.0 Å². The van der Waals surface area contributed by atoms with Gasteiger partial charge in [-0.05, 0) is 24.6 Å². The Labute approximate surface area is 101 Å². The van der Waals surface area contributed by atoms with Crippen molar-refractivity contribution in [1.29, 1.82) is 0 Å². The number of aromatic nitrogens is 1. The van der Waals surface area contributed by atoms with Crippen LogP contribution in [-0.4, -0.2) is 4.98 Å². The Morgan fingerprint density at radius 3 is 2.53 bits per heavy atom. The fourth-order valence-corrected chi connectivity index (χ4v) is 1.77. The molecule has 0 aliphatic rings. The maximum absolute atomic E-state index is 6.23. The van der Waals surface area contributed by atoms with Gasteiger partial charge in [-0.25, -0.2) is 4.98 Å². The van der Waals surface area contributed by atoms with Gasteiger partial charge < -0.3 is 4.42 Å². The average Bonchev–Trinajstić information content (AvgIpc) is 2.65. The van der Waals surface area contributed by atoms with Crippen molar-refractivity contribution in [2.24, 2.45) is 0 Å². The monoisotopic (exact) mass is 285 g/mol. The van der Waals surface area contributed by atoms with Gasteiger partial charge in [0.1, 0.15) is 11.6 Å². The number of rotatable bonds is 2. The van der Waals surface area contributed by atoms with Crippen LogP contribution in [0.3, 0.4) is 0 Å². The molecule has 1 heterocycles. The lowest BCUT2D eigenvalue weighted by Gasteiger charge is -2.05. The Hall–Kier alpha value is -0.800. The predicted octanol–water partition coefficient (Wildman–Crippen LogP) is 4.07. The Balaban J connectivity index is 2.28. The second-order valence-corrected chi connectivity index (χ2v) is 4.59. The van der Waals surface area contributed by atoms with E-state index in [0.717, 1.165) is 15.7 Å². The molecule has 2 rings (SSSR count). The second kappa shape index (κ2) is 4.37. The van der Waals surface area contributed by atoms with Crippen LogP contribution >= 0.6 is 27.5 Å². The van der Waals surface area contributed by atoms with E-state index in [0.29, 0.717) is 5.89 Å². The molecular formula is C11H9BrClNO. The van der Waals surface area contributed by atoms with E-state index in [1.165, 1.54) is 0 Å². The summed E-state index contributed by atoms with van der Waals surface area (Å²) in [5.41, 5.74) is 1.81. The second-order valence-electron chi connectivity index (χ2n) is 3.24. The van der Waals surface area contributed by atoms with Gasteiger partial charge in [-0.2, -0.15) is 0 Å². The maximum atomic E-state index is 6.23. The first-order valence-corrected chi connectivity index (χ1v) is 5.71. The molecule has 78 valence electrons. The third-order valence-corrected chi connectivity index (χ3v) is 2.98. The van der Waals surface area contributed by atoms with Gasteiger partial charge in [0.05, 0.1) is 5.69 Å². The highest BCUT2D eigenvalue weighted by Gasteiger charge is 2.15. The first-order valence-electron chi connectivity index (χ1n) is 4.48. The molecule has 0 radical (unpaired) electrons. The van der Waals surface area contributed by atoms with Crippen LogP contribution in [0, 0.1) is 6.92 Å². The van der Waals surface area contributed by atoms with Crippen molar-refractivity contribution >= 4 is 27.5 Å². The van der Waals surface area contributed by atoms with Crippen molar-refractivity contribution in [3.8, 4) is 0 Å². The van der Waals surface area contributed by atoms with Crippen molar-refractivity contribution in [2.45, 2.75) is 12.3 Å². The molecule has 0 aliphatic carbocycles. The quantitative estimate of drug-likeness (QED) is 0.778. The number of nitrogens with zero attached hydrogens (tertiary/aromatic N) is 1. The molecule has 0 saturated heterocycles. The molecule has 1 unspecified atom stereocenters. The molecule has 0 amide bonds. The topological polar surface area (TPSA) is 26.0 Å². The van der Waals surface area contributed by atoms with Crippen LogP contribution in [0.5, 0.6) is 0 Å². The molecule has 4 heteroatoms. The SMILES string of the molecule is Cc1coc(C(Cl)c2ccc(Br)cc2)n1. The molecular weight excluding hydrogens is 277 g/mol. The third kappa shape index (κ3) is 2.41. The number of hydrogen-bond donors (Lipinski definition) is 0. The van der Waals surface area contributed by atoms with Crippen LogP contribution in [0.15, 0.2) is 39.4 Å². The number of oxazole rings is 1. The van der Waals surface area contributed by atoms with Gasteiger partial charge in [0.2, 0.25) is 5.89 Å². The lowest BCUT2D eigenvalue weighted by molar-refractivity contribution is 0.501. The molecule has 2 nitrogen and oxygen atoms in total. The summed E-state index contributed by atoms with van der Waals surface area (Å²) in [5.74, 6) is 0.538. The zero-order valence-corrected chi connectivity index (χ0v) is 10.4. The number of aryl methyl sites for hydroxylation is 1. The summed E-state index contributed by atoms with van der Waals surface area (Å²) in [4.78, 5) is 4.20. The van der Waals surface area contributed by atoms with E-state index in [1.54, 1.807) is 6.26 Å². The van der Waals surface area contributed by atoms with Gasteiger partial charge in [0.25, 0.3) is 0 Å². The van der Waals surface area contributed by atoms with E-state index in [1.807, 2.05) is 31.2 Å². The fraction of sp³-hybridized carbons (Fsp3) is 0.182. The minimum absolute atomic E-state index is 0.327. The largest absolute Gasteiger partial charge is 0.447 e. The highest BCUT2D eigenvalue weighted by atomic mass is 79.9. The number of alkyl halides is 1. The summed E-state index contributed by atoms with van der Waals surface area (Å²) in [6.07, 6.45) is 1.60. The Kier molecular flexibility index (Phi) is 3.12. The molecule has 0 spiro atoms. The molecule has 15 heavy (non-hydrogen) atoms. The van der Waals surface area contributed by atoms with Gasteiger partial charge in [0.15, 0.2) is 0 Å². The lowest BCUT2D eigenvalue weighted by Crippen LogP contribution is -1.93. The third-order valence-electron chi connectivity index (χ3n) is 2.02. The molecule has 0 aliphatic heterocycles. The number of halogens is 2. The Bertz CT molecular complexity index is 452. The van der Waals surface area contributed by atoms with E-state index < -0.39 is 0 Å². The van der Waals surface area contributed by atoms with Crippen molar-refractivity contribution in [2.75, 3.05) is 0 Å². The van der Waals surface area contributed by atoms with E-state index in [2.05, 4.69) is 20.9 Å². The van der Waals surface area contributed by atoms with E-state index in [9.17, 15) is 0 Å². The zero-order valence-electron chi connectivity index (χ0n) is 8.08. The highest BCUT2D eigenvalue weighted by Crippen LogP contribution is 2.28. The lowest BCUT2D eigenvalue weighted by atomic mass is 10.1. The first-order chi connectivity index (χ1) is 7.16. The number of hydrogen-bond acceptors (Lipinski definition) is 2. The van der Waals surface area contributed by atoms with Crippen molar-refractivity contribution in [1.82, 2.24) is 4.98 Å². The Morgan fingerprint density at radius 2 is 2.00 bits per heavy atom. The summed E-state index contributed by atoms with van der Waals surface area (Å²) < 4.78 is 6.28. The van der Waals surface area contributed by atoms with Crippen molar-refractivity contribution < 1.29 is 4.42 Å². The first kappa shape index (κ1) is 10.7. The number of benzene rings is 1. The Morgan fingerprint density at radius 1 is 1.33 bits per heavy atom. The zero-order chi connectivity index (χ0) is 10.8. The standard InChI is InChI=1S/C11H9BrClNO/c1-7-6-15-11(14-7)10(13)8-2-4-9(12)5-3-8/h2-6,10H,1H3. The van der Waals surface area contributed by atoms with Crippen LogP contribution in [0.2, 0.25) is 0 Å². The molecule has 1 atom stereocenters. The molecule has 0 saturated carbocycles. The normalized spacial score (nSPS) is 12.7. The van der Waals surface area contributed by atoms with Crippen LogP contribution in [-0.2, 0) is 0 Å². The summed E-state index contributed by atoms with van der Waals surface area (Å²) >= 11 is 9.60. The summed E-state index contributed by atoms with van der Waals surface area (Å²) in [5, 5.41) is -0.327. The molecule has 1 aromatic heterocycles. The molecule has 0 bridgehead atoms. The average molecular weight is 287 g/mol. The maximum Gasteiger partial charge on any atom is 0.216 e. The van der Waals surface area contributed by atoms with Gasteiger partial charge in [-0.3, -0.25) is 0 Å². The van der Waals surface area contributed by atoms with Gasteiger partial charge in [-0.15, -0.1) is 11.6 Å². The molecule has 0 N–H and O–H groups in total. The smallest absolute Gasteiger partial charge is 0.216 e. The molecule has 2 aromatic rings. The van der Waals surface area contributed by atoms with Gasteiger partial charge >= 0.3 is 0 Å². The molecule has 1 aromatic carbocycles. The van der Waals surface area contributed by atoms with Crippen LogP contribution in [0.25, 0.3) is 0 Å². The summed E-state index contributed by atoms with van der Waals surface area (Å²) in [7, 11) is 0. The van der Waals surface area contributed by atoms with E-state index in [-0.39, 0.29) is 5.38 Å². The predicted molar refractivity (Wildman–Crippen MR) is 63.1 cm³/mol. The highest BCUT2D eigenvalue weighted by molar-refractivity contribution is 9.10. The molecule has 0 fully saturated rings. The van der Waals surface area contributed by atoms with Crippen molar-refractivity contribution in [3.63, 3.8) is 0 Å². The minimum atomic E-state index is -0.327. The van der Waals surface area contributed by atoms with Crippen LogP contribution in [0.1, 0.15) is 22.5 Å². The van der Waals surface area contributed by atoms with E-state index >= 15 is 0 Å². The van der Waals surface area contributed by atoms with Crippen LogP contribution in [0.4, 0.5) is 0 Å². The van der Waals surface area contributed by atoms with Crippen LogP contribution < -0.4 is 0 Å². The summed E-state index contributed by atoms with van der Waals surface area (Å²) in [6, 6.07) is 7.78. The van der Waals surface area contributed by atoms with Gasteiger partial charge in [0, 0.05) is 4.47 Å².